The Labute approximate surface area is 147 Å². The number of esters is 1. The molecule has 0 atom stereocenters. The predicted octanol–water partition coefficient (Wildman–Crippen LogP) is 2.86. The molecule has 1 heterocycles. The molecule has 2 aromatic rings. The van der Waals surface area contributed by atoms with Crippen molar-refractivity contribution in [1.29, 1.82) is 0 Å². The maximum Gasteiger partial charge on any atom is 0.344 e. The Morgan fingerprint density at radius 3 is 2.84 bits per heavy atom. The summed E-state index contributed by atoms with van der Waals surface area (Å²) in [5, 5.41) is 3.30. The van der Waals surface area contributed by atoms with Gasteiger partial charge >= 0.3 is 5.97 Å². The van der Waals surface area contributed by atoms with E-state index < -0.39 is 0 Å². The highest BCUT2D eigenvalue weighted by Crippen LogP contribution is 2.17. The van der Waals surface area contributed by atoms with Crippen LogP contribution in [0.2, 0.25) is 0 Å². The standard InChI is InChI=1S/C20H22N2O3/c1-15-7-2-5-10-18(15)25-14-19(23)24-12-6-11-21-20-17-9-4-3-8-16(17)13-22-20/h2-5,7-10H,6,11-14H2,1H3,(H,21,22). The van der Waals surface area contributed by atoms with Crippen molar-refractivity contribution in [3.63, 3.8) is 0 Å². The Morgan fingerprint density at radius 2 is 1.96 bits per heavy atom. The van der Waals surface area contributed by atoms with Crippen molar-refractivity contribution in [2.45, 2.75) is 19.9 Å². The minimum absolute atomic E-state index is 0.0711. The number of fused-ring (bicyclic) bond motifs is 1. The van der Waals surface area contributed by atoms with Crippen molar-refractivity contribution in [1.82, 2.24) is 5.32 Å². The van der Waals surface area contributed by atoms with Gasteiger partial charge in [-0.15, -0.1) is 0 Å². The van der Waals surface area contributed by atoms with Crippen LogP contribution in [0.5, 0.6) is 5.75 Å². The third kappa shape index (κ3) is 4.59. The van der Waals surface area contributed by atoms with Gasteiger partial charge in [0.15, 0.2) is 6.61 Å². The molecule has 1 aliphatic rings. The highest BCUT2D eigenvalue weighted by Gasteiger charge is 2.14. The van der Waals surface area contributed by atoms with Crippen molar-refractivity contribution in [2.75, 3.05) is 19.8 Å². The first-order chi connectivity index (χ1) is 12.2. The molecule has 0 unspecified atom stereocenters. The number of nitrogens with one attached hydrogen (secondary N) is 1. The molecule has 0 aromatic heterocycles. The Hall–Kier alpha value is -2.82. The number of carbonyl (C=O) groups is 1. The fourth-order valence-corrected chi connectivity index (χ4v) is 2.65. The van der Waals surface area contributed by atoms with E-state index in [1.165, 1.54) is 5.56 Å². The number of aryl methyl sites for hydroxylation is 1. The summed E-state index contributed by atoms with van der Waals surface area (Å²) < 4.78 is 10.7. The number of rotatable bonds is 7. The molecule has 0 aliphatic carbocycles. The van der Waals surface area contributed by atoms with Gasteiger partial charge < -0.3 is 14.8 Å². The van der Waals surface area contributed by atoms with Gasteiger partial charge in [0.05, 0.1) is 13.2 Å². The SMILES string of the molecule is Cc1ccccc1OCC(=O)OCCCNC1=NCc2ccccc21. The maximum atomic E-state index is 11.7. The molecule has 130 valence electrons. The van der Waals surface area contributed by atoms with Crippen LogP contribution in [0.3, 0.4) is 0 Å². The van der Waals surface area contributed by atoms with Crippen LogP contribution < -0.4 is 10.1 Å². The van der Waals surface area contributed by atoms with E-state index in [0.29, 0.717) is 18.9 Å². The first-order valence-electron chi connectivity index (χ1n) is 8.44. The molecule has 1 aliphatic heterocycles. The average molecular weight is 338 g/mol. The molecule has 3 rings (SSSR count). The monoisotopic (exact) mass is 338 g/mol. The summed E-state index contributed by atoms with van der Waals surface area (Å²) in [6.07, 6.45) is 0.720. The number of hydrogen-bond acceptors (Lipinski definition) is 5. The second-order valence-electron chi connectivity index (χ2n) is 5.88. The third-order valence-corrected chi connectivity index (χ3v) is 4.00. The average Bonchev–Trinajstić information content (AvgIpc) is 3.04. The smallest absolute Gasteiger partial charge is 0.344 e. The molecular weight excluding hydrogens is 316 g/mol. The van der Waals surface area contributed by atoms with E-state index in [2.05, 4.69) is 22.4 Å². The predicted molar refractivity (Wildman–Crippen MR) is 96.9 cm³/mol. The summed E-state index contributed by atoms with van der Waals surface area (Å²) in [7, 11) is 0. The quantitative estimate of drug-likeness (QED) is 0.623. The van der Waals surface area contributed by atoms with Crippen molar-refractivity contribution in [2.24, 2.45) is 4.99 Å². The first kappa shape index (κ1) is 17.0. The molecule has 5 heteroatoms. The second kappa shape index (κ2) is 8.33. The van der Waals surface area contributed by atoms with Gasteiger partial charge in [-0.1, -0.05) is 42.5 Å². The van der Waals surface area contributed by atoms with Gasteiger partial charge in [0.2, 0.25) is 0 Å². The summed E-state index contributed by atoms with van der Waals surface area (Å²) in [4.78, 5) is 16.2. The van der Waals surface area contributed by atoms with E-state index >= 15 is 0 Å². The van der Waals surface area contributed by atoms with Crippen LogP contribution in [0, 0.1) is 6.92 Å². The van der Waals surface area contributed by atoms with Crippen LogP contribution in [0.15, 0.2) is 53.5 Å². The summed E-state index contributed by atoms with van der Waals surface area (Å²) >= 11 is 0. The zero-order chi connectivity index (χ0) is 17.5. The van der Waals surface area contributed by atoms with Gasteiger partial charge in [0.1, 0.15) is 11.6 Å². The molecule has 0 spiro atoms. The van der Waals surface area contributed by atoms with Gasteiger partial charge in [-0.3, -0.25) is 4.99 Å². The molecule has 25 heavy (non-hydrogen) atoms. The number of benzene rings is 2. The number of hydrogen-bond donors (Lipinski definition) is 1. The highest BCUT2D eigenvalue weighted by atomic mass is 16.6. The Morgan fingerprint density at radius 1 is 1.16 bits per heavy atom. The van der Waals surface area contributed by atoms with Crippen LogP contribution in [0.1, 0.15) is 23.1 Å². The number of para-hydroxylation sites is 1. The third-order valence-electron chi connectivity index (χ3n) is 4.00. The van der Waals surface area contributed by atoms with Crippen molar-refractivity contribution >= 4 is 11.8 Å². The van der Waals surface area contributed by atoms with Gasteiger partial charge in [0.25, 0.3) is 0 Å². The molecule has 0 fully saturated rings. The van der Waals surface area contributed by atoms with Gasteiger partial charge in [-0.05, 0) is 30.5 Å². The van der Waals surface area contributed by atoms with Crippen LogP contribution in [-0.4, -0.2) is 31.6 Å². The zero-order valence-electron chi connectivity index (χ0n) is 14.3. The summed E-state index contributed by atoms with van der Waals surface area (Å²) in [5.41, 5.74) is 3.40. The molecule has 5 nitrogen and oxygen atoms in total. The minimum Gasteiger partial charge on any atom is -0.482 e. The van der Waals surface area contributed by atoms with E-state index in [9.17, 15) is 4.79 Å². The lowest BCUT2D eigenvalue weighted by Gasteiger charge is -2.10. The molecule has 1 N–H and O–H groups in total. The molecule has 2 aromatic carbocycles. The number of aliphatic imine (C=N–C) groups is 1. The van der Waals surface area contributed by atoms with Crippen molar-refractivity contribution in [3.8, 4) is 5.75 Å². The number of ether oxygens (including phenoxy) is 2. The molecule has 0 saturated carbocycles. The number of nitrogens with zero attached hydrogens (tertiary/aromatic N) is 1. The zero-order valence-corrected chi connectivity index (χ0v) is 14.3. The lowest BCUT2D eigenvalue weighted by atomic mass is 10.1. The number of carbonyl (C=O) groups excluding carboxylic acids is 1. The van der Waals surface area contributed by atoms with Crippen molar-refractivity contribution < 1.29 is 14.3 Å². The molecule has 0 amide bonds. The molecule has 0 radical (unpaired) electrons. The molecular formula is C20H22N2O3. The molecule has 0 saturated heterocycles. The van der Waals surface area contributed by atoms with E-state index in [1.807, 2.05) is 43.3 Å². The summed E-state index contributed by atoms with van der Waals surface area (Å²) in [5.74, 6) is 1.27. The summed E-state index contributed by atoms with van der Waals surface area (Å²) in [6.45, 7) is 3.66. The Balaban J connectivity index is 1.31. The minimum atomic E-state index is -0.355. The first-order valence-corrected chi connectivity index (χ1v) is 8.44. The van der Waals surface area contributed by atoms with Crippen LogP contribution in [0.4, 0.5) is 0 Å². The lowest BCUT2D eigenvalue weighted by molar-refractivity contribution is -0.146. The highest BCUT2D eigenvalue weighted by molar-refractivity contribution is 6.01. The van der Waals surface area contributed by atoms with E-state index in [0.717, 1.165) is 29.9 Å². The Bertz CT molecular complexity index is 771. The van der Waals surface area contributed by atoms with Crippen molar-refractivity contribution in [3.05, 3.63) is 65.2 Å². The fraction of sp³-hybridized carbons (Fsp3) is 0.300. The molecule has 0 bridgehead atoms. The van der Waals surface area contributed by atoms with Crippen LogP contribution in [-0.2, 0) is 16.1 Å². The normalized spacial score (nSPS) is 12.3. The van der Waals surface area contributed by atoms with E-state index in [1.54, 1.807) is 0 Å². The van der Waals surface area contributed by atoms with Crippen LogP contribution in [0.25, 0.3) is 0 Å². The Kier molecular flexibility index (Phi) is 5.67. The van der Waals surface area contributed by atoms with Gasteiger partial charge in [-0.25, -0.2) is 4.79 Å². The number of amidine groups is 1. The van der Waals surface area contributed by atoms with Crippen LogP contribution >= 0.6 is 0 Å². The maximum absolute atomic E-state index is 11.7. The second-order valence-corrected chi connectivity index (χ2v) is 5.88. The van der Waals surface area contributed by atoms with Gasteiger partial charge in [-0.2, -0.15) is 0 Å². The fourth-order valence-electron chi connectivity index (χ4n) is 2.65. The lowest BCUT2D eigenvalue weighted by Crippen LogP contribution is -2.25. The summed E-state index contributed by atoms with van der Waals surface area (Å²) in [6, 6.07) is 15.8. The van der Waals surface area contributed by atoms with E-state index in [4.69, 9.17) is 9.47 Å². The van der Waals surface area contributed by atoms with E-state index in [-0.39, 0.29) is 12.6 Å². The van der Waals surface area contributed by atoms with Gasteiger partial charge in [0, 0.05) is 12.1 Å². The topological polar surface area (TPSA) is 59.9 Å². The largest absolute Gasteiger partial charge is 0.482 e.